The second-order valence-electron chi connectivity index (χ2n) is 8.14. The van der Waals surface area contributed by atoms with E-state index in [0.29, 0.717) is 45.0 Å². The Hall–Kier alpha value is -3.62. The molecule has 2 fully saturated rings. The topological polar surface area (TPSA) is 99.0 Å². The largest absolute Gasteiger partial charge is 0.362 e. The minimum absolute atomic E-state index is 0.0597. The molecule has 2 aromatic carbocycles. The maximum Gasteiger partial charge on any atom is 0.321 e. The van der Waals surface area contributed by atoms with E-state index in [4.69, 9.17) is 0 Å². The number of carbonyl (C=O) groups is 2. The number of nitrogens with one attached hydrogen (secondary N) is 1. The van der Waals surface area contributed by atoms with Crippen molar-refractivity contribution in [2.24, 2.45) is 5.92 Å². The van der Waals surface area contributed by atoms with Crippen molar-refractivity contribution in [2.75, 3.05) is 49.5 Å². The number of para-hydroxylation sites is 3. The van der Waals surface area contributed by atoms with E-state index in [9.17, 15) is 19.7 Å². The van der Waals surface area contributed by atoms with Crippen LogP contribution in [0.15, 0.2) is 54.6 Å². The number of nitro groups is 1. The summed E-state index contributed by atoms with van der Waals surface area (Å²) in [5.41, 5.74) is 1.41. The number of anilines is 2. The molecule has 9 heteroatoms. The summed E-state index contributed by atoms with van der Waals surface area (Å²) in [6, 6.07) is 15.8. The Balaban J connectivity index is 1.33. The number of hydrogen-bond donors (Lipinski definition) is 1. The van der Waals surface area contributed by atoms with Crippen LogP contribution in [-0.4, -0.2) is 65.9 Å². The molecule has 1 N–H and O–H groups in total. The van der Waals surface area contributed by atoms with E-state index in [1.165, 1.54) is 6.07 Å². The number of nitro benzene ring substituents is 1. The van der Waals surface area contributed by atoms with Gasteiger partial charge in [-0.05, 0) is 31.0 Å². The normalized spacial score (nSPS) is 18.9. The molecule has 32 heavy (non-hydrogen) atoms. The molecule has 0 aliphatic carbocycles. The second-order valence-corrected chi connectivity index (χ2v) is 8.14. The molecule has 1 atom stereocenters. The van der Waals surface area contributed by atoms with E-state index in [1.54, 1.807) is 23.1 Å². The van der Waals surface area contributed by atoms with Gasteiger partial charge in [0.15, 0.2) is 0 Å². The van der Waals surface area contributed by atoms with Crippen molar-refractivity contribution in [2.45, 2.75) is 12.8 Å². The molecule has 0 spiro atoms. The molecule has 0 radical (unpaired) electrons. The first kappa shape index (κ1) is 21.6. The molecule has 4 rings (SSSR count). The molecule has 0 aromatic heterocycles. The summed E-state index contributed by atoms with van der Waals surface area (Å²) in [6.45, 7) is 3.15. The molecule has 168 valence electrons. The lowest BCUT2D eigenvalue weighted by atomic mass is 9.96. The predicted octanol–water partition coefficient (Wildman–Crippen LogP) is 3.19. The fraction of sp³-hybridized carbons (Fsp3) is 0.391. The van der Waals surface area contributed by atoms with Crippen molar-refractivity contribution in [3.63, 3.8) is 0 Å². The Labute approximate surface area is 186 Å². The van der Waals surface area contributed by atoms with Gasteiger partial charge in [-0.25, -0.2) is 4.79 Å². The fourth-order valence-electron chi connectivity index (χ4n) is 4.40. The van der Waals surface area contributed by atoms with Crippen molar-refractivity contribution in [1.82, 2.24) is 9.80 Å². The van der Waals surface area contributed by atoms with Gasteiger partial charge in [0.1, 0.15) is 5.69 Å². The number of piperazine rings is 1. The zero-order valence-corrected chi connectivity index (χ0v) is 17.9. The number of hydrogen-bond acceptors (Lipinski definition) is 5. The second kappa shape index (κ2) is 9.67. The summed E-state index contributed by atoms with van der Waals surface area (Å²) in [4.78, 5) is 42.2. The summed E-state index contributed by atoms with van der Waals surface area (Å²) in [7, 11) is 0. The first-order valence-electron chi connectivity index (χ1n) is 10.9. The number of amides is 3. The molecular weight excluding hydrogens is 410 g/mol. The average molecular weight is 438 g/mol. The van der Waals surface area contributed by atoms with E-state index in [1.807, 2.05) is 40.1 Å². The number of piperidine rings is 1. The van der Waals surface area contributed by atoms with Gasteiger partial charge in [-0.15, -0.1) is 0 Å². The predicted molar refractivity (Wildman–Crippen MR) is 122 cm³/mol. The lowest BCUT2D eigenvalue weighted by molar-refractivity contribution is -0.384. The Morgan fingerprint density at radius 1 is 0.906 bits per heavy atom. The van der Waals surface area contributed by atoms with Crippen LogP contribution in [0.25, 0.3) is 0 Å². The maximum absolute atomic E-state index is 13.1. The van der Waals surface area contributed by atoms with Gasteiger partial charge in [0.2, 0.25) is 5.91 Å². The van der Waals surface area contributed by atoms with Crippen molar-refractivity contribution in [3.05, 3.63) is 64.7 Å². The zero-order valence-electron chi connectivity index (χ0n) is 17.9. The summed E-state index contributed by atoms with van der Waals surface area (Å²) >= 11 is 0. The molecule has 2 saturated heterocycles. The molecule has 0 bridgehead atoms. The van der Waals surface area contributed by atoms with Crippen LogP contribution in [0.1, 0.15) is 12.8 Å². The Morgan fingerprint density at radius 2 is 1.59 bits per heavy atom. The van der Waals surface area contributed by atoms with Gasteiger partial charge in [-0.2, -0.15) is 0 Å². The van der Waals surface area contributed by atoms with Crippen molar-refractivity contribution < 1.29 is 14.5 Å². The maximum atomic E-state index is 13.1. The molecule has 2 aromatic rings. The molecule has 2 aliphatic heterocycles. The number of urea groups is 1. The SMILES string of the molecule is O=C(Nc1ccccc1)N1CCCC(C(=O)N2CCN(c3ccccc3[N+](=O)[O-])CC2)C1. The van der Waals surface area contributed by atoms with Gasteiger partial charge in [-0.3, -0.25) is 14.9 Å². The number of carbonyl (C=O) groups excluding carboxylic acids is 2. The summed E-state index contributed by atoms with van der Waals surface area (Å²) in [5, 5.41) is 14.2. The van der Waals surface area contributed by atoms with Crippen LogP contribution in [0.2, 0.25) is 0 Å². The summed E-state index contributed by atoms with van der Waals surface area (Å²) in [5.74, 6) is -0.160. The highest BCUT2D eigenvalue weighted by Gasteiger charge is 2.33. The number of rotatable bonds is 4. The minimum atomic E-state index is -0.371. The fourth-order valence-corrected chi connectivity index (χ4v) is 4.40. The molecule has 1 unspecified atom stereocenters. The third kappa shape index (κ3) is 4.82. The van der Waals surface area contributed by atoms with E-state index in [0.717, 1.165) is 18.5 Å². The number of benzene rings is 2. The smallest absolute Gasteiger partial charge is 0.321 e. The third-order valence-electron chi connectivity index (χ3n) is 6.09. The van der Waals surface area contributed by atoms with E-state index in [2.05, 4.69) is 5.32 Å². The Morgan fingerprint density at radius 3 is 2.31 bits per heavy atom. The molecule has 2 aliphatic rings. The van der Waals surface area contributed by atoms with Crippen LogP contribution in [-0.2, 0) is 4.79 Å². The lowest BCUT2D eigenvalue weighted by Gasteiger charge is -2.39. The highest BCUT2D eigenvalue weighted by molar-refractivity contribution is 5.90. The average Bonchev–Trinajstić information content (AvgIpc) is 2.84. The van der Waals surface area contributed by atoms with Crippen molar-refractivity contribution >= 4 is 29.0 Å². The van der Waals surface area contributed by atoms with Gasteiger partial charge in [0.25, 0.3) is 5.69 Å². The van der Waals surface area contributed by atoms with Crippen LogP contribution >= 0.6 is 0 Å². The highest BCUT2D eigenvalue weighted by Crippen LogP contribution is 2.29. The Bertz CT molecular complexity index is 975. The Kier molecular flexibility index (Phi) is 6.53. The van der Waals surface area contributed by atoms with Gasteiger partial charge < -0.3 is 20.0 Å². The number of nitrogens with zero attached hydrogens (tertiary/aromatic N) is 4. The molecule has 9 nitrogen and oxygen atoms in total. The first-order valence-corrected chi connectivity index (χ1v) is 10.9. The van der Waals surface area contributed by atoms with E-state index >= 15 is 0 Å². The van der Waals surface area contributed by atoms with Crippen molar-refractivity contribution in [3.8, 4) is 0 Å². The molecular formula is C23H27N5O4. The van der Waals surface area contributed by atoms with E-state index in [-0.39, 0.29) is 28.5 Å². The third-order valence-corrected chi connectivity index (χ3v) is 6.09. The van der Waals surface area contributed by atoms with Crippen LogP contribution in [0.5, 0.6) is 0 Å². The minimum Gasteiger partial charge on any atom is -0.362 e. The van der Waals surface area contributed by atoms with Gasteiger partial charge >= 0.3 is 6.03 Å². The quantitative estimate of drug-likeness (QED) is 0.585. The molecule has 2 heterocycles. The lowest BCUT2D eigenvalue weighted by Crippen LogP contribution is -2.53. The monoisotopic (exact) mass is 437 g/mol. The van der Waals surface area contributed by atoms with Crippen LogP contribution < -0.4 is 10.2 Å². The first-order chi connectivity index (χ1) is 15.5. The molecule has 3 amide bonds. The standard InChI is InChI=1S/C23H27N5O4/c29-22(18-7-6-12-27(17-18)23(30)24-19-8-2-1-3-9-19)26-15-13-25(14-16-26)20-10-4-5-11-21(20)28(31)32/h1-5,8-11,18H,6-7,12-17H2,(H,24,30). The zero-order chi connectivity index (χ0) is 22.5. The summed E-state index contributed by atoms with van der Waals surface area (Å²) in [6.07, 6.45) is 1.55. The summed E-state index contributed by atoms with van der Waals surface area (Å²) < 4.78 is 0. The van der Waals surface area contributed by atoms with Gasteiger partial charge in [0.05, 0.1) is 10.8 Å². The highest BCUT2D eigenvalue weighted by atomic mass is 16.6. The van der Waals surface area contributed by atoms with Gasteiger partial charge in [-0.1, -0.05) is 30.3 Å². The molecule has 0 saturated carbocycles. The number of likely N-dealkylation sites (tertiary alicyclic amines) is 1. The van der Waals surface area contributed by atoms with Crippen molar-refractivity contribution in [1.29, 1.82) is 0 Å². The van der Waals surface area contributed by atoms with Crippen LogP contribution in [0.3, 0.4) is 0 Å². The van der Waals surface area contributed by atoms with Crippen LogP contribution in [0, 0.1) is 16.0 Å². The van der Waals surface area contributed by atoms with Crippen LogP contribution in [0.4, 0.5) is 21.9 Å². The van der Waals surface area contributed by atoms with E-state index < -0.39 is 0 Å². The van der Waals surface area contributed by atoms with Gasteiger partial charge in [0, 0.05) is 51.0 Å².